The van der Waals surface area contributed by atoms with Crippen LogP contribution in [0.1, 0.15) is 40.3 Å². The van der Waals surface area contributed by atoms with E-state index in [2.05, 4.69) is 30.3 Å². The Kier molecular flexibility index (Phi) is 7.02. The molecule has 42 heavy (non-hydrogen) atoms. The summed E-state index contributed by atoms with van der Waals surface area (Å²) in [6.07, 6.45) is 3.66. The van der Waals surface area contributed by atoms with Crippen molar-refractivity contribution in [3.05, 3.63) is 155 Å². The van der Waals surface area contributed by atoms with Gasteiger partial charge in [-0.3, -0.25) is 9.36 Å². The number of halogens is 1. The molecule has 208 valence electrons. The van der Waals surface area contributed by atoms with E-state index < -0.39 is 0 Å². The number of allylic oxidation sites excluding steroid dienone is 1. The Morgan fingerprint density at radius 2 is 1.79 bits per heavy atom. The Morgan fingerprint density at radius 3 is 2.64 bits per heavy atom. The van der Waals surface area contributed by atoms with Crippen molar-refractivity contribution in [2.24, 2.45) is 4.99 Å². The second kappa shape index (κ2) is 11.1. The van der Waals surface area contributed by atoms with E-state index in [0.29, 0.717) is 21.0 Å². The molecule has 2 heterocycles. The van der Waals surface area contributed by atoms with Crippen molar-refractivity contribution in [2.75, 3.05) is 7.11 Å². The summed E-state index contributed by atoms with van der Waals surface area (Å²) < 4.78 is 14.3. The van der Waals surface area contributed by atoms with Gasteiger partial charge in [-0.1, -0.05) is 89.7 Å². The first kappa shape index (κ1) is 26.5. The zero-order valence-electron chi connectivity index (χ0n) is 22.9. The van der Waals surface area contributed by atoms with Gasteiger partial charge in [-0.25, -0.2) is 4.99 Å². The summed E-state index contributed by atoms with van der Waals surface area (Å²) >= 11 is 7.42. The molecule has 1 aliphatic carbocycles. The normalized spacial score (nSPS) is 15.9. The number of para-hydroxylation sites is 1. The van der Waals surface area contributed by atoms with Gasteiger partial charge >= 0.3 is 0 Å². The standard InChI is InChI=1S/C35H27ClN2O3S/c1-40-30-12-5-4-11-28(30)33-29-18-15-24-8-2-3-10-27(24)32(29)37-35-38(33)34(39)31(42-35)20-23-7-6-9-26(19-23)41-21-22-13-16-25(36)17-14-22/h2-14,16-17,19-20,33H,15,18,21H2,1H3/b31-20+/t33-/m0/s1. The molecule has 0 amide bonds. The lowest BCUT2D eigenvalue weighted by atomic mass is 9.83. The second-order valence-electron chi connectivity index (χ2n) is 10.3. The maximum Gasteiger partial charge on any atom is 0.271 e. The Bertz CT molecular complexity index is 2020. The lowest BCUT2D eigenvalue weighted by Gasteiger charge is -2.31. The summed E-state index contributed by atoms with van der Waals surface area (Å²) in [4.78, 5) is 19.9. The molecule has 4 aromatic carbocycles. The van der Waals surface area contributed by atoms with Gasteiger partial charge in [0.2, 0.25) is 0 Å². The first-order chi connectivity index (χ1) is 20.6. The van der Waals surface area contributed by atoms with E-state index in [1.165, 1.54) is 16.9 Å². The molecule has 0 N–H and O–H groups in total. The molecule has 1 aromatic heterocycles. The third kappa shape index (κ3) is 4.87. The first-order valence-corrected chi connectivity index (χ1v) is 15.0. The number of ether oxygens (including phenoxy) is 2. The van der Waals surface area contributed by atoms with E-state index in [4.69, 9.17) is 26.1 Å². The molecule has 2 aliphatic rings. The van der Waals surface area contributed by atoms with E-state index in [1.54, 1.807) is 7.11 Å². The maximum absolute atomic E-state index is 14.1. The van der Waals surface area contributed by atoms with Crippen LogP contribution >= 0.6 is 22.9 Å². The predicted molar refractivity (Wildman–Crippen MR) is 168 cm³/mol. The van der Waals surface area contributed by atoms with Crippen LogP contribution in [0.5, 0.6) is 11.5 Å². The zero-order chi connectivity index (χ0) is 28.6. The average molecular weight is 591 g/mol. The minimum atomic E-state index is -0.294. The van der Waals surface area contributed by atoms with E-state index in [1.807, 2.05) is 77.4 Å². The summed E-state index contributed by atoms with van der Waals surface area (Å²) in [5, 5.41) is 0.695. The number of methoxy groups -OCH3 is 1. The molecule has 0 saturated heterocycles. The number of rotatable bonds is 6. The lowest BCUT2D eigenvalue weighted by Crippen LogP contribution is -2.39. The van der Waals surface area contributed by atoms with Crippen LogP contribution in [0.2, 0.25) is 5.02 Å². The van der Waals surface area contributed by atoms with Crippen LogP contribution in [0.25, 0.3) is 11.8 Å². The lowest BCUT2D eigenvalue weighted by molar-refractivity contribution is 0.306. The minimum absolute atomic E-state index is 0.0625. The number of hydrogen-bond donors (Lipinski definition) is 0. The molecule has 0 spiro atoms. The number of aryl methyl sites for hydroxylation is 1. The van der Waals surface area contributed by atoms with Gasteiger partial charge in [0, 0.05) is 16.1 Å². The third-order valence-electron chi connectivity index (χ3n) is 7.78. The highest BCUT2D eigenvalue weighted by molar-refractivity contribution is 7.07. The summed E-state index contributed by atoms with van der Waals surface area (Å²) in [6.45, 7) is 0.425. The monoisotopic (exact) mass is 590 g/mol. The molecule has 5 aromatic rings. The molecule has 7 rings (SSSR count). The highest BCUT2D eigenvalue weighted by atomic mass is 35.5. The van der Waals surface area contributed by atoms with Crippen LogP contribution in [0.15, 0.2) is 112 Å². The van der Waals surface area contributed by atoms with Crippen LogP contribution in [0.4, 0.5) is 0 Å². The van der Waals surface area contributed by atoms with Gasteiger partial charge in [0.05, 0.1) is 23.4 Å². The molecule has 0 radical (unpaired) electrons. The van der Waals surface area contributed by atoms with Gasteiger partial charge in [-0.15, -0.1) is 0 Å². The average Bonchev–Trinajstić information content (AvgIpc) is 3.33. The van der Waals surface area contributed by atoms with Crippen LogP contribution in [-0.2, 0) is 13.0 Å². The van der Waals surface area contributed by atoms with Crippen LogP contribution in [0, 0.1) is 0 Å². The fourth-order valence-corrected chi connectivity index (χ4v) is 6.91. The zero-order valence-corrected chi connectivity index (χ0v) is 24.5. The summed E-state index contributed by atoms with van der Waals surface area (Å²) in [6, 6.07) is 31.5. The number of thiazole rings is 1. The van der Waals surface area contributed by atoms with Crippen LogP contribution in [-0.4, -0.2) is 11.7 Å². The van der Waals surface area contributed by atoms with Crippen molar-refractivity contribution >= 4 is 34.7 Å². The van der Waals surface area contributed by atoms with Crippen molar-refractivity contribution < 1.29 is 9.47 Å². The molecule has 0 unspecified atom stereocenters. The Morgan fingerprint density at radius 1 is 0.976 bits per heavy atom. The number of hydrogen-bond acceptors (Lipinski definition) is 5. The number of nitrogens with zero attached hydrogens (tertiary/aromatic N) is 2. The van der Waals surface area contributed by atoms with Gasteiger partial charge < -0.3 is 9.47 Å². The Hall–Kier alpha value is -4.39. The molecule has 0 bridgehead atoms. The Balaban J connectivity index is 1.33. The second-order valence-corrected chi connectivity index (χ2v) is 11.8. The van der Waals surface area contributed by atoms with Crippen molar-refractivity contribution in [1.29, 1.82) is 0 Å². The SMILES string of the molecule is COc1ccccc1[C@H]1C2=C(N=c3s/c(=C/c4cccc(OCc5ccc(Cl)cc5)c4)c(=O)n31)c1ccccc1CC2. The van der Waals surface area contributed by atoms with Crippen molar-refractivity contribution in [1.82, 2.24) is 4.57 Å². The molecular formula is C35H27ClN2O3S. The first-order valence-electron chi connectivity index (χ1n) is 13.8. The number of fused-ring (bicyclic) bond motifs is 3. The van der Waals surface area contributed by atoms with Crippen molar-refractivity contribution in [3.63, 3.8) is 0 Å². The quantitative estimate of drug-likeness (QED) is 0.225. The topological polar surface area (TPSA) is 52.8 Å². The minimum Gasteiger partial charge on any atom is -0.496 e. The molecular weight excluding hydrogens is 564 g/mol. The highest BCUT2D eigenvalue weighted by Crippen LogP contribution is 2.43. The molecule has 7 heteroatoms. The molecule has 1 atom stereocenters. The van der Waals surface area contributed by atoms with Gasteiger partial charge in [0.15, 0.2) is 4.80 Å². The maximum atomic E-state index is 14.1. The van der Waals surface area contributed by atoms with Gasteiger partial charge in [-0.2, -0.15) is 0 Å². The van der Waals surface area contributed by atoms with Crippen molar-refractivity contribution in [2.45, 2.75) is 25.5 Å². The fraction of sp³-hybridized carbons (Fsp3) is 0.143. The summed E-state index contributed by atoms with van der Waals surface area (Å²) in [7, 11) is 1.68. The largest absolute Gasteiger partial charge is 0.496 e. The van der Waals surface area contributed by atoms with E-state index in [-0.39, 0.29) is 11.6 Å². The van der Waals surface area contributed by atoms with Crippen LogP contribution in [0.3, 0.4) is 0 Å². The molecule has 5 nitrogen and oxygen atoms in total. The molecule has 1 aliphatic heterocycles. The molecule has 0 fully saturated rings. The predicted octanol–water partition coefficient (Wildman–Crippen LogP) is 6.56. The van der Waals surface area contributed by atoms with Gasteiger partial charge in [-0.05, 0) is 71.5 Å². The van der Waals surface area contributed by atoms with E-state index in [0.717, 1.165) is 57.9 Å². The Labute approximate surface area is 252 Å². The summed E-state index contributed by atoms with van der Waals surface area (Å²) in [5.41, 5.74) is 7.36. The van der Waals surface area contributed by atoms with E-state index >= 15 is 0 Å². The molecule has 0 saturated carbocycles. The fourth-order valence-electron chi connectivity index (χ4n) is 5.78. The highest BCUT2D eigenvalue weighted by Gasteiger charge is 2.33. The third-order valence-corrected chi connectivity index (χ3v) is 9.02. The van der Waals surface area contributed by atoms with Crippen molar-refractivity contribution in [3.8, 4) is 11.5 Å². The van der Waals surface area contributed by atoms with Gasteiger partial charge in [0.1, 0.15) is 18.1 Å². The number of aromatic nitrogens is 1. The number of benzene rings is 4. The van der Waals surface area contributed by atoms with Crippen LogP contribution < -0.4 is 24.4 Å². The van der Waals surface area contributed by atoms with Gasteiger partial charge in [0.25, 0.3) is 5.56 Å². The van der Waals surface area contributed by atoms with E-state index in [9.17, 15) is 4.79 Å². The summed E-state index contributed by atoms with van der Waals surface area (Å²) in [5.74, 6) is 1.49. The smallest absolute Gasteiger partial charge is 0.271 e.